The van der Waals surface area contributed by atoms with Gasteiger partial charge in [0.1, 0.15) is 0 Å². The molecule has 106 valence electrons. The first-order valence-electron chi connectivity index (χ1n) is 7.66. The van der Waals surface area contributed by atoms with Gasteiger partial charge in [0.15, 0.2) is 0 Å². The van der Waals surface area contributed by atoms with Gasteiger partial charge in [0.25, 0.3) is 0 Å². The largest absolute Gasteiger partial charge is 0.375 e. The van der Waals surface area contributed by atoms with E-state index in [2.05, 4.69) is 31.3 Å². The van der Waals surface area contributed by atoms with E-state index in [-0.39, 0.29) is 5.60 Å². The van der Waals surface area contributed by atoms with Gasteiger partial charge in [-0.2, -0.15) is 0 Å². The molecule has 2 unspecified atom stereocenters. The summed E-state index contributed by atoms with van der Waals surface area (Å²) in [5.74, 6) is 0.743. The predicted molar refractivity (Wildman–Crippen MR) is 80.7 cm³/mol. The Morgan fingerprint density at radius 3 is 2.89 bits per heavy atom. The summed E-state index contributed by atoms with van der Waals surface area (Å²) < 4.78 is 6.08. The molecule has 1 aliphatic carbocycles. The highest BCUT2D eigenvalue weighted by atomic mass is 32.1. The molecule has 1 saturated heterocycles. The molecule has 2 aliphatic rings. The fourth-order valence-electron chi connectivity index (χ4n) is 3.61. The highest BCUT2D eigenvalue weighted by Gasteiger charge is 2.44. The van der Waals surface area contributed by atoms with Crippen molar-refractivity contribution in [3.63, 3.8) is 0 Å². The maximum Gasteiger partial charge on any atom is 0.0686 e. The molecule has 2 heterocycles. The summed E-state index contributed by atoms with van der Waals surface area (Å²) >= 11 is 1.95. The fourth-order valence-corrected chi connectivity index (χ4v) is 4.66. The first kappa shape index (κ1) is 13.6. The summed E-state index contributed by atoms with van der Waals surface area (Å²) in [7, 11) is 0. The summed E-state index contributed by atoms with van der Waals surface area (Å²) in [6, 6.07) is 5.10. The van der Waals surface area contributed by atoms with E-state index in [0.29, 0.717) is 6.04 Å². The molecule has 2 atom stereocenters. The van der Waals surface area contributed by atoms with Crippen LogP contribution in [0.5, 0.6) is 0 Å². The fraction of sp³-hybridized carbons (Fsp3) is 0.750. The number of hydrogen-bond donors (Lipinski definition) is 1. The van der Waals surface area contributed by atoms with E-state index in [1.54, 1.807) is 0 Å². The van der Waals surface area contributed by atoms with Gasteiger partial charge in [0, 0.05) is 22.4 Å². The van der Waals surface area contributed by atoms with Gasteiger partial charge in [0.05, 0.1) is 5.60 Å². The van der Waals surface area contributed by atoms with Crippen LogP contribution in [-0.2, 0) is 4.74 Å². The topological polar surface area (TPSA) is 21.3 Å². The minimum atomic E-state index is 0.253. The second-order valence-corrected chi connectivity index (χ2v) is 7.44. The Hall–Kier alpha value is -0.380. The third-order valence-electron chi connectivity index (χ3n) is 4.76. The minimum Gasteiger partial charge on any atom is -0.375 e. The first-order chi connectivity index (χ1) is 9.22. The standard InChI is InChI=1S/C16H25NOS/c1-3-17-15(14-6-5-12(2)19-14)13-7-10-18-16(11-13)8-4-9-16/h5-6,13,15,17H,3-4,7-11H2,1-2H3. The average Bonchev–Trinajstić information content (AvgIpc) is 2.80. The highest BCUT2D eigenvalue weighted by molar-refractivity contribution is 7.12. The van der Waals surface area contributed by atoms with Crippen LogP contribution in [0, 0.1) is 12.8 Å². The third-order valence-corrected chi connectivity index (χ3v) is 5.84. The van der Waals surface area contributed by atoms with Crippen molar-refractivity contribution < 1.29 is 4.74 Å². The molecular weight excluding hydrogens is 254 g/mol. The van der Waals surface area contributed by atoms with Gasteiger partial charge < -0.3 is 10.1 Å². The lowest BCUT2D eigenvalue weighted by Gasteiger charge is -2.48. The van der Waals surface area contributed by atoms with Crippen LogP contribution >= 0.6 is 11.3 Å². The lowest BCUT2D eigenvalue weighted by Crippen LogP contribution is -2.47. The van der Waals surface area contributed by atoms with Crippen molar-refractivity contribution in [1.82, 2.24) is 5.32 Å². The van der Waals surface area contributed by atoms with Gasteiger partial charge in [-0.3, -0.25) is 0 Å². The van der Waals surface area contributed by atoms with Gasteiger partial charge in [-0.1, -0.05) is 6.92 Å². The number of ether oxygens (including phenoxy) is 1. The Labute approximate surface area is 120 Å². The van der Waals surface area contributed by atoms with Gasteiger partial charge >= 0.3 is 0 Å². The van der Waals surface area contributed by atoms with E-state index >= 15 is 0 Å². The van der Waals surface area contributed by atoms with E-state index in [1.165, 1.54) is 41.9 Å². The lowest BCUT2D eigenvalue weighted by molar-refractivity contribution is -0.147. The second kappa shape index (κ2) is 5.55. The van der Waals surface area contributed by atoms with Gasteiger partial charge in [0.2, 0.25) is 0 Å². The van der Waals surface area contributed by atoms with Crippen LogP contribution < -0.4 is 5.32 Å². The molecule has 3 heteroatoms. The molecule has 0 aromatic carbocycles. The zero-order valence-corrected chi connectivity index (χ0v) is 12.9. The highest BCUT2D eigenvalue weighted by Crippen LogP contribution is 2.47. The Bertz CT molecular complexity index is 424. The smallest absolute Gasteiger partial charge is 0.0686 e. The summed E-state index contributed by atoms with van der Waals surface area (Å²) in [5, 5.41) is 3.72. The van der Waals surface area contributed by atoms with Crippen molar-refractivity contribution in [3.8, 4) is 0 Å². The van der Waals surface area contributed by atoms with Crippen LogP contribution in [0.2, 0.25) is 0 Å². The minimum absolute atomic E-state index is 0.253. The Balaban J connectivity index is 1.75. The molecule has 0 bridgehead atoms. The molecule has 1 saturated carbocycles. The quantitative estimate of drug-likeness (QED) is 0.897. The Kier molecular flexibility index (Phi) is 3.97. The molecule has 1 aromatic rings. The zero-order valence-electron chi connectivity index (χ0n) is 12.1. The average molecular weight is 279 g/mol. The number of aryl methyl sites for hydroxylation is 1. The molecule has 0 amide bonds. The summed E-state index contributed by atoms with van der Waals surface area (Å²) in [6.45, 7) is 6.42. The molecule has 19 heavy (non-hydrogen) atoms. The van der Waals surface area contributed by atoms with E-state index in [0.717, 1.165) is 19.1 Å². The first-order valence-corrected chi connectivity index (χ1v) is 8.48. The van der Waals surface area contributed by atoms with Crippen LogP contribution in [0.3, 0.4) is 0 Å². The normalized spacial score (nSPS) is 27.2. The number of rotatable bonds is 4. The summed E-state index contributed by atoms with van der Waals surface area (Å²) in [6.07, 6.45) is 6.38. The van der Waals surface area contributed by atoms with Crippen LogP contribution in [0.15, 0.2) is 12.1 Å². The number of thiophene rings is 1. The van der Waals surface area contributed by atoms with Crippen molar-refractivity contribution in [3.05, 3.63) is 21.9 Å². The van der Waals surface area contributed by atoms with E-state index in [9.17, 15) is 0 Å². The third kappa shape index (κ3) is 2.74. The summed E-state index contributed by atoms with van der Waals surface area (Å²) in [4.78, 5) is 2.93. The maximum absolute atomic E-state index is 6.08. The zero-order chi connectivity index (χ0) is 13.3. The van der Waals surface area contributed by atoms with Crippen molar-refractivity contribution in [1.29, 1.82) is 0 Å². The Morgan fingerprint density at radius 1 is 1.47 bits per heavy atom. The molecule has 1 spiro atoms. The molecule has 1 aromatic heterocycles. The van der Waals surface area contributed by atoms with Crippen molar-refractivity contribution in [2.45, 2.75) is 57.6 Å². The molecule has 1 aliphatic heterocycles. The van der Waals surface area contributed by atoms with Crippen molar-refractivity contribution in [2.75, 3.05) is 13.2 Å². The molecular formula is C16H25NOS. The number of hydrogen-bond acceptors (Lipinski definition) is 3. The second-order valence-electron chi connectivity index (χ2n) is 6.12. The van der Waals surface area contributed by atoms with Gasteiger partial charge in [-0.15, -0.1) is 11.3 Å². The van der Waals surface area contributed by atoms with Crippen LogP contribution in [0.25, 0.3) is 0 Å². The Morgan fingerprint density at radius 2 is 2.32 bits per heavy atom. The van der Waals surface area contributed by atoms with Crippen molar-refractivity contribution in [2.24, 2.45) is 5.92 Å². The monoisotopic (exact) mass is 279 g/mol. The predicted octanol–water partition coefficient (Wildman–Crippen LogP) is 4.06. The van der Waals surface area contributed by atoms with Crippen LogP contribution in [-0.4, -0.2) is 18.8 Å². The molecule has 2 fully saturated rings. The molecule has 1 N–H and O–H groups in total. The van der Waals surface area contributed by atoms with Crippen molar-refractivity contribution >= 4 is 11.3 Å². The number of nitrogens with one attached hydrogen (secondary N) is 1. The van der Waals surface area contributed by atoms with E-state index in [4.69, 9.17) is 4.74 Å². The summed E-state index contributed by atoms with van der Waals surface area (Å²) in [5.41, 5.74) is 0.253. The van der Waals surface area contributed by atoms with Gasteiger partial charge in [-0.05, 0) is 63.6 Å². The molecule has 0 radical (unpaired) electrons. The molecule has 3 rings (SSSR count). The van der Waals surface area contributed by atoms with Gasteiger partial charge in [-0.25, -0.2) is 0 Å². The van der Waals surface area contributed by atoms with Crippen LogP contribution in [0.4, 0.5) is 0 Å². The van der Waals surface area contributed by atoms with Crippen LogP contribution in [0.1, 0.15) is 54.8 Å². The lowest BCUT2D eigenvalue weighted by atomic mass is 9.70. The van der Waals surface area contributed by atoms with E-state index < -0.39 is 0 Å². The van der Waals surface area contributed by atoms with E-state index in [1.807, 2.05) is 11.3 Å². The molecule has 2 nitrogen and oxygen atoms in total. The SMILES string of the molecule is CCNC(c1ccc(C)s1)C1CCOC2(CCC2)C1. The maximum atomic E-state index is 6.08.